The van der Waals surface area contributed by atoms with E-state index in [9.17, 15) is 8.63 Å². The van der Waals surface area contributed by atoms with E-state index < -0.39 is 7.11 Å². The summed E-state index contributed by atoms with van der Waals surface area (Å²) in [7, 11) is -0.743. The highest BCUT2D eigenvalue weighted by Crippen LogP contribution is 2.31. The molecule has 0 bridgehead atoms. The van der Waals surface area contributed by atoms with Gasteiger partial charge in [0.25, 0.3) is 0 Å². The Morgan fingerprint density at radius 1 is 1.11 bits per heavy atom. The molecule has 0 radical (unpaired) electrons. The molecule has 1 aromatic carbocycles. The van der Waals surface area contributed by atoms with Crippen molar-refractivity contribution in [2.45, 2.75) is 0 Å². The summed E-state index contributed by atoms with van der Waals surface area (Å²) in [4.78, 5) is 0. The number of benzene rings is 1. The summed E-state index contributed by atoms with van der Waals surface area (Å²) in [6, 6.07) is 8.74. The van der Waals surface area contributed by atoms with Crippen molar-refractivity contribution in [3.05, 3.63) is 53.8 Å². The molecule has 0 fully saturated rings. The highest BCUT2D eigenvalue weighted by Gasteiger charge is 2.37. The van der Waals surface area contributed by atoms with Crippen LogP contribution in [0.25, 0.3) is 5.76 Å². The van der Waals surface area contributed by atoms with Crippen LogP contribution in [0, 0.1) is 0 Å². The zero-order valence-corrected chi connectivity index (χ0v) is 10.7. The van der Waals surface area contributed by atoms with E-state index >= 15 is 0 Å². The van der Waals surface area contributed by atoms with Crippen molar-refractivity contribution in [1.29, 1.82) is 0 Å². The van der Waals surface area contributed by atoms with Crippen LogP contribution in [0.5, 0.6) is 0 Å². The third-order valence-corrected chi connectivity index (χ3v) is 2.41. The minimum absolute atomic E-state index is 0.0730. The van der Waals surface area contributed by atoms with Gasteiger partial charge in [0.05, 0.1) is 11.5 Å². The van der Waals surface area contributed by atoms with Crippen LogP contribution in [0.15, 0.2) is 48.2 Å². The van der Waals surface area contributed by atoms with Crippen LogP contribution in [0.4, 0.5) is 8.63 Å². The molecule has 100 valence electrons. The van der Waals surface area contributed by atoms with E-state index in [1.54, 1.807) is 49.2 Å². The maximum Gasteiger partial charge on any atom is 0.725 e. The summed E-state index contributed by atoms with van der Waals surface area (Å²) in [5.41, 5.74) is 0.586. The topological polar surface area (TPSA) is 21.5 Å². The van der Waals surface area contributed by atoms with Crippen molar-refractivity contribution in [1.82, 2.24) is 0 Å². The molecule has 1 aliphatic heterocycles. The lowest BCUT2D eigenvalue weighted by Crippen LogP contribution is -2.34. The molecular weight excluding hydrogens is 251 g/mol. The molecule has 0 amide bonds. The van der Waals surface area contributed by atoms with Crippen molar-refractivity contribution in [3.8, 4) is 0 Å². The van der Waals surface area contributed by atoms with E-state index in [4.69, 9.17) is 0 Å². The van der Waals surface area contributed by atoms with Gasteiger partial charge in [-0.1, -0.05) is 30.3 Å². The van der Waals surface area contributed by atoms with Crippen molar-refractivity contribution >= 4 is 19.1 Å². The lowest BCUT2D eigenvalue weighted by atomic mass is 10.1. The van der Waals surface area contributed by atoms with Crippen LogP contribution in [-0.4, -0.2) is 32.0 Å². The predicted molar refractivity (Wildman–Crippen MR) is 70.8 cm³/mol. The van der Waals surface area contributed by atoms with Gasteiger partial charge in [0.1, 0.15) is 14.1 Å². The molecule has 0 spiro atoms. The Hall–Kier alpha value is -2.11. The van der Waals surface area contributed by atoms with Gasteiger partial charge in [0.2, 0.25) is 0 Å². The van der Waals surface area contributed by atoms with Crippen molar-refractivity contribution in [3.63, 3.8) is 0 Å². The molecule has 0 atom stereocenters. The molecule has 1 heterocycles. The van der Waals surface area contributed by atoms with Gasteiger partial charge >= 0.3 is 7.11 Å². The van der Waals surface area contributed by atoms with Gasteiger partial charge in [-0.15, -0.1) is 0 Å². The number of hydrogen-bond acceptors (Lipinski definition) is 2. The van der Waals surface area contributed by atoms with Crippen LogP contribution >= 0.6 is 0 Å². The quantitative estimate of drug-likeness (QED) is 0.466. The van der Waals surface area contributed by atoms with Crippen LogP contribution in [0.3, 0.4) is 0 Å². The number of nitrogens with zero attached hydrogens (tertiary/aromatic N) is 1. The van der Waals surface area contributed by atoms with Crippen LogP contribution < -0.4 is 0 Å². The maximum absolute atomic E-state index is 13.4. The molecule has 19 heavy (non-hydrogen) atoms. The molecule has 0 saturated carbocycles. The zero-order chi connectivity index (χ0) is 13.9. The number of halogens is 2. The Kier molecular flexibility index (Phi) is 3.69. The Morgan fingerprint density at radius 2 is 1.79 bits per heavy atom. The molecule has 0 aromatic heterocycles. The van der Waals surface area contributed by atoms with E-state index in [1.807, 2.05) is 6.07 Å². The second kappa shape index (κ2) is 5.26. The van der Waals surface area contributed by atoms with Gasteiger partial charge in [-0.05, 0) is 0 Å². The summed E-state index contributed by atoms with van der Waals surface area (Å²) < 4.78 is 37.7. The van der Waals surface area contributed by atoms with Crippen molar-refractivity contribution in [2.75, 3.05) is 14.1 Å². The smallest absolute Gasteiger partial charge is 0.627 e. The van der Waals surface area contributed by atoms with Crippen molar-refractivity contribution < 1.29 is 22.5 Å². The Balaban J connectivity index is 2.37. The summed E-state index contributed by atoms with van der Waals surface area (Å²) in [5.74, 6) is 0.180. The van der Waals surface area contributed by atoms with E-state index in [2.05, 4.69) is 9.31 Å². The molecule has 3 nitrogen and oxygen atoms in total. The zero-order valence-electron chi connectivity index (χ0n) is 10.7. The molecule has 1 aliphatic rings. The minimum atomic E-state index is -4.33. The maximum atomic E-state index is 13.4. The van der Waals surface area contributed by atoms with E-state index in [-0.39, 0.29) is 11.5 Å². The van der Waals surface area contributed by atoms with Crippen LogP contribution in [0.2, 0.25) is 0 Å². The summed E-state index contributed by atoms with van der Waals surface area (Å²) in [6.07, 6.45) is 4.56. The highest BCUT2D eigenvalue weighted by atomic mass is 19.3. The monoisotopic (exact) mass is 265 g/mol. The van der Waals surface area contributed by atoms with Gasteiger partial charge in [0.15, 0.2) is 6.21 Å². The van der Waals surface area contributed by atoms with E-state index in [0.29, 0.717) is 5.56 Å². The number of hydrogen-bond donors (Lipinski definition) is 0. The summed E-state index contributed by atoms with van der Waals surface area (Å²) in [6.45, 7) is 0. The van der Waals surface area contributed by atoms with Crippen molar-refractivity contribution in [2.24, 2.45) is 0 Å². The first-order valence-electron chi connectivity index (χ1n) is 5.83. The third-order valence-electron chi connectivity index (χ3n) is 2.41. The third kappa shape index (κ3) is 3.68. The second-order valence-corrected chi connectivity index (χ2v) is 4.33. The molecule has 2 rings (SSSR count). The molecule has 0 saturated heterocycles. The van der Waals surface area contributed by atoms with Crippen LogP contribution in [0.1, 0.15) is 5.56 Å². The highest BCUT2D eigenvalue weighted by molar-refractivity contribution is 6.53. The first-order valence-corrected chi connectivity index (χ1v) is 5.83. The Morgan fingerprint density at radius 3 is 2.42 bits per heavy atom. The van der Waals surface area contributed by atoms with Gasteiger partial charge in [0, 0.05) is 17.7 Å². The largest absolute Gasteiger partial charge is 0.725 e. The normalized spacial score (nSPS) is 19.2. The lowest BCUT2D eigenvalue weighted by molar-refractivity contribution is -0.458. The lowest BCUT2D eigenvalue weighted by Gasteiger charge is -2.34. The van der Waals surface area contributed by atoms with Gasteiger partial charge < -0.3 is 17.9 Å². The van der Waals surface area contributed by atoms with Crippen LogP contribution in [-0.2, 0) is 9.31 Å². The first-order chi connectivity index (χ1) is 8.96. The standard InChI is InChI=1S/C13H14BF2NO2/c1-17(2)9-8-12-10-13(19-14(15,16)18-12)11-6-4-3-5-7-11/h3-10H,1-2H3/b12-8+. The number of rotatable bonds is 2. The van der Waals surface area contributed by atoms with Gasteiger partial charge in [-0.2, -0.15) is 0 Å². The average Bonchev–Trinajstić information content (AvgIpc) is 2.35. The van der Waals surface area contributed by atoms with Gasteiger partial charge in [-0.25, -0.2) is 4.58 Å². The SMILES string of the molecule is C[N+](C)=C/C=C1\C=C(c2ccccc2)O[B-](F)(F)O1. The fourth-order valence-corrected chi connectivity index (χ4v) is 1.59. The van der Waals surface area contributed by atoms with E-state index in [1.165, 1.54) is 12.2 Å². The summed E-state index contributed by atoms with van der Waals surface area (Å²) in [5, 5.41) is 0. The average molecular weight is 265 g/mol. The van der Waals surface area contributed by atoms with E-state index in [0.717, 1.165) is 0 Å². The second-order valence-electron chi connectivity index (χ2n) is 4.33. The first kappa shape index (κ1) is 13.3. The fraction of sp³-hybridized carbons (Fsp3) is 0.154. The summed E-state index contributed by atoms with van der Waals surface area (Å²) >= 11 is 0. The predicted octanol–water partition coefficient (Wildman–Crippen LogP) is 2.68. The number of allylic oxidation sites excluding steroid dienone is 2. The fourth-order valence-electron chi connectivity index (χ4n) is 1.59. The molecular formula is C13H14BF2NO2. The minimum Gasteiger partial charge on any atom is -0.627 e. The molecule has 1 aromatic rings. The molecule has 0 aliphatic carbocycles. The molecule has 6 heteroatoms. The Bertz CT molecular complexity index is 549. The molecule has 0 N–H and O–H groups in total. The Labute approximate surface area is 110 Å². The van der Waals surface area contributed by atoms with Gasteiger partial charge in [-0.3, -0.25) is 0 Å². The molecule has 0 unspecified atom stereocenters.